The molecule has 0 radical (unpaired) electrons. The van der Waals surface area contributed by atoms with Gasteiger partial charge in [-0.15, -0.1) is 11.3 Å². The van der Waals surface area contributed by atoms with Crippen molar-refractivity contribution in [3.05, 3.63) is 15.9 Å². The van der Waals surface area contributed by atoms with E-state index in [1.165, 1.54) is 6.07 Å². The van der Waals surface area contributed by atoms with Crippen molar-refractivity contribution < 1.29 is 18.3 Å². The van der Waals surface area contributed by atoms with Crippen LogP contribution >= 0.6 is 27.3 Å². The van der Waals surface area contributed by atoms with Gasteiger partial charge in [0.15, 0.2) is 0 Å². The number of carbonyl (C=O) groups is 1. The van der Waals surface area contributed by atoms with Gasteiger partial charge in [-0.05, 0) is 46.8 Å². The minimum Gasteiger partial charge on any atom is -0.480 e. The molecule has 1 saturated heterocycles. The number of piperidine rings is 1. The average molecular weight is 368 g/mol. The lowest BCUT2D eigenvalue weighted by molar-refractivity contribution is -0.144. The summed E-state index contributed by atoms with van der Waals surface area (Å²) < 4.78 is 27.0. The molecule has 1 aliphatic rings. The van der Waals surface area contributed by atoms with E-state index in [-0.39, 0.29) is 16.7 Å². The molecule has 1 fully saturated rings. The molecular formula is C11H14BrNO4S2. The van der Waals surface area contributed by atoms with E-state index in [2.05, 4.69) is 15.9 Å². The molecule has 1 aromatic heterocycles. The van der Waals surface area contributed by atoms with Crippen molar-refractivity contribution in [1.82, 2.24) is 4.31 Å². The fraction of sp³-hybridized carbons (Fsp3) is 0.545. The first-order valence-electron chi connectivity index (χ1n) is 5.84. The van der Waals surface area contributed by atoms with Crippen LogP contribution in [0.2, 0.25) is 0 Å². The van der Waals surface area contributed by atoms with Gasteiger partial charge >= 0.3 is 5.97 Å². The lowest BCUT2D eigenvalue weighted by Crippen LogP contribution is -2.51. The minimum atomic E-state index is -3.73. The van der Waals surface area contributed by atoms with Crippen molar-refractivity contribution in [3.63, 3.8) is 0 Å². The predicted octanol–water partition coefficient (Wildman–Crippen LogP) is 2.38. The van der Waals surface area contributed by atoms with E-state index < -0.39 is 22.0 Å². The van der Waals surface area contributed by atoms with Gasteiger partial charge < -0.3 is 5.11 Å². The molecule has 0 aliphatic carbocycles. The van der Waals surface area contributed by atoms with Crippen LogP contribution in [0, 0.1) is 5.92 Å². The molecule has 0 bridgehead atoms. The zero-order valence-corrected chi connectivity index (χ0v) is 13.5. The van der Waals surface area contributed by atoms with Gasteiger partial charge in [0.05, 0.1) is 3.79 Å². The molecule has 0 saturated carbocycles. The van der Waals surface area contributed by atoms with Crippen molar-refractivity contribution >= 4 is 43.3 Å². The number of nitrogens with zero attached hydrogens (tertiary/aromatic N) is 1. The molecule has 2 unspecified atom stereocenters. The number of aliphatic carboxylic acids is 1. The molecule has 0 aromatic carbocycles. The number of hydrogen-bond acceptors (Lipinski definition) is 4. The van der Waals surface area contributed by atoms with Crippen LogP contribution in [-0.2, 0) is 14.8 Å². The molecular weight excluding hydrogens is 354 g/mol. The normalized spacial score (nSPS) is 25.4. The Kier molecular flexibility index (Phi) is 4.34. The summed E-state index contributed by atoms with van der Waals surface area (Å²) in [7, 11) is -3.73. The van der Waals surface area contributed by atoms with Crippen molar-refractivity contribution in [2.75, 3.05) is 6.54 Å². The van der Waals surface area contributed by atoms with Crippen molar-refractivity contribution in [2.45, 2.75) is 30.0 Å². The lowest BCUT2D eigenvalue weighted by atomic mass is 9.93. The summed E-state index contributed by atoms with van der Waals surface area (Å²) in [6.07, 6.45) is 1.42. The van der Waals surface area contributed by atoms with Crippen LogP contribution in [-0.4, -0.2) is 36.4 Å². The maximum atomic E-state index is 12.5. The quantitative estimate of drug-likeness (QED) is 0.889. The standard InChI is InChI=1S/C11H14BrNO4S2/c1-7-3-2-6-13(10(7)11(14)15)19(16,17)9-5-4-8(12)18-9/h4-5,7,10H,2-3,6H2,1H3,(H,14,15). The Labute approximate surface area is 124 Å². The van der Waals surface area contributed by atoms with E-state index in [0.29, 0.717) is 10.2 Å². The van der Waals surface area contributed by atoms with Crippen LogP contribution in [0.4, 0.5) is 0 Å². The molecule has 1 N–H and O–H groups in total. The number of rotatable bonds is 3. The molecule has 2 atom stereocenters. The smallest absolute Gasteiger partial charge is 0.322 e. The number of halogens is 1. The van der Waals surface area contributed by atoms with Gasteiger partial charge in [-0.25, -0.2) is 8.42 Å². The predicted molar refractivity (Wildman–Crippen MR) is 75.7 cm³/mol. The first-order valence-corrected chi connectivity index (χ1v) is 8.89. The SMILES string of the molecule is CC1CCCN(S(=O)(=O)c2ccc(Br)s2)C1C(=O)O. The van der Waals surface area contributed by atoms with Crippen LogP contribution in [0.25, 0.3) is 0 Å². The fourth-order valence-corrected chi connectivity index (χ4v) is 6.19. The van der Waals surface area contributed by atoms with Gasteiger partial charge in [0.1, 0.15) is 10.3 Å². The third-order valence-corrected chi connectivity index (χ3v) is 7.22. The molecule has 1 aliphatic heterocycles. The average Bonchev–Trinajstić information content (AvgIpc) is 2.75. The number of carboxylic acids is 1. The van der Waals surface area contributed by atoms with Crippen LogP contribution in [0.5, 0.6) is 0 Å². The van der Waals surface area contributed by atoms with Crippen LogP contribution in [0.1, 0.15) is 19.8 Å². The van der Waals surface area contributed by atoms with Gasteiger partial charge in [-0.3, -0.25) is 4.79 Å². The minimum absolute atomic E-state index is 0.176. The zero-order chi connectivity index (χ0) is 14.2. The first-order chi connectivity index (χ1) is 8.84. The van der Waals surface area contributed by atoms with Crippen LogP contribution < -0.4 is 0 Å². The zero-order valence-electron chi connectivity index (χ0n) is 10.2. The Hall–Kier alpha value is -0.440. The number of hydrogen-bond donors (Lipinski definition) is 1. The second-order valence-electron chi connectivity index (χ2n) is 4.58. The summed E-state index contributed by atoms with van der Waals surface area (Å²) in [4.78, 5) is 11.3. The number of sulfonamides is 1. The summed E-state index contributed by atoms with van der Waals surface area (Å²) in [5, 5.41) is 9.28. The molecule has 1 aromatic rings. The van der Waals surface area contributed by atoms with Crippen LogP contribution in [0.15, 0.2) is 20.1 Å². The highest BCUT2D eigenvalue weighted by atomic mass is 79.9. The highest BCUT2D eigenvalue weighted by Gasteiger charge is 2.42. The van der Waals surface area contributed by atoms with E-state index in [0.717, 1.165) is 22.1 Å². The van der Waals surface area contributed by atoms with E-state index in [4.69, 9.17) is 0 Å². The van der Waals surface area contributed by atoms with Gasteiger partial charge in [0.25, 0.3) is 10.0 Å². The Morgan fingerprint density at radius 2 is 2.21 bits per heavy atom. The monoisotopic (exact) mass is 367 g/mol. The van der Waals surface area contributed by atoms with E-state index in [1.807, 2.05) is 0 Å². The maximum Gasteiger partial charge on any atom is 0.322 e. The molecule has 2 rings (SSSR count). The summed E-state index contributed by atoms with van der Waals surface area (Å²) in [5.74, 6) is -1.25. The van der Waals surface area contributed by atoms with Gasteiger partial charge in [0, 0.05) is 6.54 Å². The van der Waals surface area contributed by atoms with Gasteiger partial charge in [-0.2, -0.15) is 4.31 Å². The van der Waals surface area contributed by atoms with Gasteiger partial charge in [-0.1, -0.05) is 6.92 Å². The Balaban J connectivity index is 2.40. The summed E-state index contributed by atoms with van der Waals surface area (Å²) in [5.41, 5.74) is 0. The highest BCUT2D eigenvalue weighted by Crippen LogP contribution is 2.33. The molecule has 8 heteroatoms. The van der Waals surface area contributed by atoms with Crippen molar-refractivity contribution in [1.29, 1.82) is 0 Å². The highest BCUT2D eigenvalue weighted by molar-refractivity contribution is 9.11. The van der Waals surface area contributed by atoms with Crippen LogP contribution in [0.3, 0.4) is 0 Å². The van der Waals surface area contributed by atoms with E-state index in [9.17, 15) is 18.3 Å². The Morgan fingerprint density at radius 3 is 2.74 bits per heavy atom. The molecule has 0 amide bonds. The Bertz CT molecular complexity index is 583. The topological polar surface area (TPSA) is 74.7 Å². The summed E-state index contributed by atoms with van der Waals surface area (Å²) >= 11 is 4.32. The second-order valence-corrected chi connectivity index (χ2v) is 9.16. The third-order valence-electron chi connectivity index (χ3n) is 3.25. The summed E-state index contributed by atoms with van der Waals surface area (Å²) in [6, 6.07) is 2.18. The fourth-order valence-electron chi connectivity index (χ4n) is 2.34. The third kappa shape index (κ3) is 2.86. The van der Waals surface area contributed by atoms with Gasteiger partial charge in [0.2, 0.25) is 0 Å². The first kappa shape index (κ1) is 15.0. The van der Waals surface area contributed by atoms with E-state index >= 15 is 0 Å². The molecule has 19 heavy (non-hydrogen) atoms. The largest absolute Gasteiger partial charge is 0.480 e. The molecule has 2 heterocycles. The molecule has 106 valence electrons. The Morgan fingerprint density at radius 1 is 1.53 bits per heavy atom. The van der Waals surface area contributed by atoms with Crippen molar-refractivity contribution in [2.24, 2.45) is 5.92 Å². The van der Waals surface area contributed by atoms with Crippen molar-refractivity contribution in [3.8, 4) is 0 Å². The summed E-state index contributed by atoms with van der Waals surface area (Å²) in [6.45, 7) is 2.05. The lowest BCUT2D eigenvalue weighted by Gasteiger charge is -2.35. The second kappa shape index (κ2) is 5.51. The molecule has 0 spiro atoms. The van der Waals surface area contributed by atoms with E-state index in [1.54, 1.807) is 13.0 Å². The molecule has 5 nitrogen and oxygen atoms in total. The number of thiophene rings is 1. The maximum absolute atomic E-state index is 12.5. The number of carboxylic acid groups (broad SMARTS) is 1.